The molecule has 0 radical (unpaired) electrons. The number of nitrogens with zero attached hydrogens (tertiary/aromatic N) is 1. The predicted molar refractivity (Wildman–Crippen MR) is 79.5 cm³/mol. The molecule has 2 unspecified atom stereocenters. The van der Waals surface area contributed by atoms with Crippen LogP contribution in [0.2, 0.25) is 0 Å². The summed E-state index contributed by atoms with van der Waals surface area (Å²) in [6.45, 7) is 9.88. The van der Waals surface area contributed by atoms with Crippen molar-refractivity contribution in [1.29, 1.82) is 0 Å². The van der Waals surface area contributed by atoms with Crippen molar-refractivity contribution in [2.24, 2.45) is 5.73 Å². The molecule has 7 nitrogen and oxygen atoms in total. The molecule has 0 aromatic carbocycles. The molecule has 0 aromatic rings. The minimum atomic E-state index is -0.548. The molecule has 1 aliphatic rings. The van der Waals surface area contributed by atoms with Crippen LogP contribution in [0, 0.1) is 0 Å². The second kappa shape index (κ2) is 8.49. The monoisotopic (exact) mass is 301 g/mol. The second-order valence-corrected chi connectivity index (χ2v) is 6.03. The van der Waals surface area contributed by atoms with E-state index in [4.69, 9.17) is 9.53 Å². The Morgan fingerprint density at radius 3 is 2.33 bits per heavy atom. The van der Waals surface area contributed by atoms with Crippen LogP contribution in [0.15, 0.2) is 0 Å². The van der Waals surface area contributed by atoms with E-state index < -0.39 is 17.7 Å². The number of ether oxygens (including phenoxy) is 1. The van der Waals surface area contributed by atoms with Gasteiger partial charge in [0.1, 0.15) is 11.6 Å². The van der Waals surface area contributed by atoms with Gasteiger partial charge in [-0.05, 0) is 47.5 Å². The molecule has 1 rings (SSSR count). The lowest BCUT2D eigenvalue weighted by Gasteiger charge is -2.26. The quantitative estimate of drug-likeness (QED) is 0.743. The summed E-state index contributed by atoms with van der Waals surface area (Å²) in [4.78, 5) is 34.1. The molecule has 122 valence electrons. The number of carbonyl (C=O) groups excluding carboxylic acids is 3. The Balaban J connectivity index is 0.00000122. The predicted octanol–water partition coefficient (Wildman–Crippen LogP) is 1.01. The minimum absolute atomic E-state index is 0.0362. The van der Waals surface area contributed by atoms with Crippen LogP contribution in [0.3, 0.4) is 0 Å². The van der Waals surface area contributed by atoms with E-state index in [0.29, 0.717) is 0 Å². The van der Waals surface area contributed by atoms with Crippen LogP contribution in [0.25, 0.3) is 0 Å². The van der Waals surface area contributed by atoms with E-state index in [1.54, 1.807) is 27.7 Å². The summed E-state index contributed by atoms with van der Waals surface area (Å²) in [5.74, 6) is -0.0362. The zero-order valence-corrected chi connectivity index (χ0v) is 13.5. The van der Waals surface area contributed by atoms with Crippen LogP contribution in [-0.4, -0.2) is 47.5 Å². The van der Waals surface area contributed by atoms with Crippen LogP contribution in [-0.2, 0) is 14.3 Å². The lowest BCUT2D eigenvalue weighted by atomic mass is 10.2. The smallest absolute Gasteiger partial charge is 0.408 e. The highest BCUT2D eigenvalue weighted by Gasteiger charge is 2.30. The molecular formula is C14H27N3O4. The Morgan fingerprint density at radius 2 is 1.95 bits per heavy atom. The van der Waals surface area contributed by atoms with Crippen LogP contribution in [0.4, 0.5) is 4.79 Å². The van der Waals surface area contributed by atoms with E-state index in [2.05, 4.69) is 11.1 Å². The molecule has 21 heavy (non-hydrogen) atoms. The number of nitrogens with one attached hydrogen (secondary N) is 1. The zero-order chi connectivity index (χ0) is 16.6. The summed E-state index contributed by atoms with van der Waals surface area (Å²) in [5.41, 5.74) is 3.62. The maximum Gasteiger partial charge on any atom is 0.408 e. The third-order valence-electron chi connectivity index (χ3n) is 2.94. The largest absolute Gasteiger partial charge is 0.444 e. The average Bonchev–Trinajstić information content (AvgIpc) is 2.72. The van der Waals surface area contributed by atoms with Gasteiger partial charge in [0.05, 0.1) is 0 Å². The summed E-state index contributed by atoms with van der Waals surface area (Å²) in [7, 11) is 0. The van der Waals surface area contributed by atoms with Gasteiger partial charge in [0, 0.05) is 12.6 Å². The van der Waals surface area contributed by atoms with Crippen molar-refractivity contribution in [3.8, 4) is 0 Å². The van der Waals surface area contributed by atoms with E-state index in [1.165, 1.54) is 0 Å². The van der Waals surface area contributed by atoms with E-state index in [0.717, 1.165) is 19.4 Å². The Labute approximate surface area is 126 Å². The number of carbonyl (C=O) groups is 3. The van der Waals surface area contributed by atoms with E-state index >= 15 is 0 Å². The van der Waals surface area contributed by atoms with Crippen molar-refractivity contribution < 1.29 is 19.1 Å². The fourth-order valence-corrected chi connectivity index (χ4v) is 2.06. The van der Waals surface area contributed by atoms with Gasteiger partial charge in [-0.15, -0.1) is 0 Å². The highest BCUT2D eigenvalue weighted by molar-refractivity contribution is 5.85. The van der Waals surface area contributed by atoms with Gasteiger partial charge >= 0.3 is 6.09 Å². The van der Waals surface area contributed by atoms with Gasteiger partial charge in [-0.3, -0.25) is 9.59 Å². The molecule has 2 atom stereocenters. The number of rotatable bonds is 2. The van der Waals surface area contributed by atoms with Crippen molar-refractivity contribution in [2.45, 2.75) is 65.1 Å². The SMILES string of the molecule is CC(NC(=O)OC(C)(C)C)C(=O)N1CCCC1C.NC=O. The Bertz CT molecular complexity index is 366. The average molecular weight is 301 g/mol. The summed E-state index contributed by atoms with van der Waals surface area (Å²) < 4.78 is 5.13. The Hall–Kier alpha value is -1.79. The normalized spacial score (nSPS) is 19.1. The Kier molecular flexibility index (Phi) is 7.76. The topological polar surface area (TPSA) is 102 Å². The van der Waals surface area contributed by atoms with Gasteiger partial charge in [-0.2, -0.15) is 0 Å². The van der Waals surface area contributed by atoms with E-state index in [9.17, 15) is 9.59 Å². The summed E-state index contributed by atoms with van der Waals surface area (Å²) in [6, 6.07) is -0.277. The third-order valence-corrected chi connectivity index (χ3v) is 2.94. The standard InChI is InChI=1S/C13H24N2O3.CH3NO/c1-9-7-6-8-15(9)11(16)10(2)14-12(17)18-13(3,4)5;2-1-3/h9-10H,6-8H2,1-5H3,(H,14,17);1H,(H2,2,3). The van der Waals surface area contributed by atoms with Gasteiger partial charge in [-0.25, -0.2) is 4.79 Å². The molecule has 0 saturated carbocycles. The van der Waals surface area contributed by atoms with Gasteiger partial charge < -0.3 is 20.7 Å². The second-order valence-electron chi connectivity index (χ2n) is 6.03. The number of likely N-dealkylation sites (tertiary alicyclic amines) is 1. The highest BCUT2D eigenvalue weighted by Crippen LogP contribution is 2.17. The van der Waals surface area contributed by atoms with Gasteiger partial charge in [0.25, 0.3) is 0 Å². The van der Waals surface area contributed by atoms with Crippen molar-refractivity contribution in [2.75, 3.05) is 6.54 Å². The van der Waals surface area contributed by atoms with Gasteiger partial charge in [0.15, 0.2) is 0 Å². The first kappa shape index (κ1) is 19.2. The van der Waals surface area contributed by atoms with Gasteiger partial charge in [-0.1, -0.05) is 0 Å². The molecule has 1 fully saturated rings. The number of primary amides is 1. The first-order valence-corrected chi connectivity index (χ1v) is 7.07. The van der Waals surface area contributed by atoms with E-state index in [1.807, 2.05) is 11.8 Å². The van der Waals surface area contributed by atoms with Crippen molar-refractivity contribution in [3.63, 3.8) is 0 Å². The van der Waals surface area contributed by atoms with Gasteiger partial charge in [0.2, 0.25) is 12.3 Å². The summed E-state index contributed by atoms with van der Waals surface area (Å²) >= 11 is 0. The van der Waals surface area contributed by atoms with Crippen LogP contribution in [0.5, 0.6) is 0 Å². The van der Waals surface area contributed by atoms with Crippen molar-refractivity contribution in [3.05, 3.63) is 0 Å². The Morgan fingerprint density at radius 1 is 1.43 bits per heavy atom. The van der Waals surface area contributed by atoms with Crippen LogP contribution >= 0.6 is 0 Å². The lowest BCUT2D eigenvalue weighted by molar-refractivity contribution is -0.133. The van der Waals surface area contributed by atoms with Crippen molar-refractivity contribution >= 4 is 18.4 Å². The number of amides is 3. The fraction of sp³-hybridized carbons (Fsp3) is 0.786. The van der Waals surface area contributed by atoms with Crippen molar-refractivity contribution in [1.82, 2.24) is 10.2 Å². The highest BCUT2D eigenvalue weighted by atomic mass is 16.6. The minimum Gasteiger partial charge on any atom is -0.444 e. The first-order chi connectivity index (χ1) is 9.62. The summed E-state index contributed by atoms with van der Waals surface area (Å²) in [6.07, 6.45) is 1.77. The molecule has 7 heteroatoms. The summed E-state index contributed by atoms with van der Waals surface area (Å²) in [5, 5.41) is 2.58. The van der Waals surface area contributed by atoms with Crippen LogP contribution in [0.1, 0.15) is 47.5 Å². The van der Waals surface area contributed by atoms with E-state index in [-0.39, 0.29) is 18.4 Å². The maximum absolute atomic E-state index is 12.1. The number of nitrogens with two attached hydrogens (primary N) is 1. The number of hydrogen-bond acceptors (Lipinski definition) is 4. The first-order valence-electron chi connectivity index (χ1n) is 7.07. The number of hydrogen-bond donors (Lipinski definition) is 2. The molecule has 0 bridgehead atoms. The number of alkyl carbamates (subject to hydrolysis) is 1. The molecule has 1 saturated heterocycles. The fourth-order valence-electron chi connectivity index (χ4n) is 2.06. The zero-order valence-electron chi connectivity index (χ0n) is 13.5. The maximum atomic E-state index is 12.1. The molecule has 0 spiro atoms. The molecule has 1 aliphatic heterocycles. The van der Waals surface area contributed by atoms with Crippen LogP contribution < -0.4 is 11.1 Å². The molecule has 0 aromatic heterocycles. The lowest BCUT2D eigenvalue weighted by Crippen LogP contribution is -2.49. The molecule has 0 aliphatic carbocycles. The molecule has 3 N–H and O–H groups in total. The molecular weight excluding hydrogens is 274 g/mol. The molecule has 1 heterocycles. The third kappa shape index (κ3) is 7.53. The molecule has 3 amide bonds.